The van der Waals surface area contributed by atoms with Gasteiger partial charge in [0.2, 0.25) is 0 Å². The van der Waals surface area contributed by atoms with Gasteiger partial charge in [-0.3, -0.25) is 0 Å². The molecular formula is C16H16ClNO2. The molecule has 0 amide bonds. The molecule has 0 radical (unpaired) electrons. The molecule has 20 heavy (non-hydrogen) atoms. The van der Waals surface area contributed by atoms with Gasteiger partial charge in [0.25, 0.3) is 0 Å². The van der Waals surface area contributed by atoms with E-state index < -0.39 is 5.54 Å². The van der Waals surface area contributed by atoms with E-state index >= 15 is 0 Å². The monoisotopic (exact) mass is 289 g/mol. The highest BCUT2D eigenvalue weighted by Crippen LogP contribution is 2.40. The van der Waals surface area contributed by atoms with Crippen molar-refractivity contribution in [1.29, 1.82) is 0 Å². The van der Waals surface area contributed by atoms with Crippen molar-refractivity contribution in [2.24, 2.45) is 0 Å². The summed E-state index contributed by atoms with van der Waals surface area (Å²) in [6.07, 6.45) is 0.686. The molecule has 2 aromatic rings. The van der Waals surface area contributed by atoms with Crippen LogP contribution in [0.1, 0.15) is 12.0 Å². The second kappa shape index (κ2) is 5.35. The fraction of sp³-hybridized carbons (Fsp3) is 0.250. The van der Waals surface area contributed by atoms with Gasteiger partial charge in [-0.05, 0) is 18.2 Å². The molecule has 104 valence electrons. The summed E-state index contributed by atoms with van der Waals surface area (Å²) in [6.45, 7) is 0.549. The average molecular weight is 290 g/mol. The maximum Gasteiger partial charge on any atom is 0.124 e. The number of hydrogen-bond donors (Lipinski definition) is 2. The normalized spacial score (nSPS) is 20.9. The van der Waals surface area contributed by atoms with Gasteiger partial charge in [-0.15, -0.1) is 0 Å². The minimum Gasteiger partial charge on any atom is -0.493 e. The number of aliphatic hydroxyl groups excluding tert-OH is 1. The molecule has 1 atom stereocenters. The molecule has 0 saturated heterocycles. The van der Waals surface area contributed by atoms with Gasteiger partial charge in [0.05, 0.1) is 29.5 Å². The number of anilines is 1. The number of fused-ring (bicyclic) bond motifs is 1. The zero-order chi connectivity index (χ0) is 14.0. The molecule has 1 heterocycles. The first-order valence-corrected chi connectivity index (χ1v) is 6.99. The molecule has 0 bridgehead atoms. The first-order valence-electron chi connectivity index (χ1n) is 6.61. The zero-order valence-corrected chi connectivity index (χ0v) is 11.7. The molecule has 0 spiro atoms. The summed E-state index contributed by atoms with van der Waals surface area (Å²) in [5, 5.41) is 14.0. The van der Waals surface area contributed by atoms with Gasteiger partial charge in [-0.1, -0.05) is 41.9 Å². The van der Waals surface area contributed by atoms with Gasteiger partial charge in [0.15, 0.2) is 0 Å². The first-order chi connectivity index (χ1) is 9.75. The standard InChI is InChI=1S/C16H16ClNO2/c17-13-6-2-3-7-14(13)18-16(11-19)9-10-20-15-8-4-1-5-12(15)16/h1-8,18-19H,9-11H2. The largest absolute Gasteiger partial charge is 0.493 e. The lowest BCUT2D eigenvalue weighted by Gasteiger charge is -2.39. The highest BCUT2D eigenvalue weighted by Gasteiger charge is 2.37. The van der Waals surface area contributed by atoms with Crippen LogP contribution in [0, 0.1) is 0 Å². The summed E-state index contributed by atoms with van der Waals surface area (Å²) in [7, 11) is 0. The summed E-state index contributed by atoms with van der Waals surface area (Å²) in [4.78, 5) is 0. The van der Waals surface area contributed by atoms with Gasteiger partial charge in [0.1, 0.15) is 5.75 Å². The van der Waals surface area contributed by atoms with Gasteiger partial charge in [-0.25, -0.2) is 0 Å². The van der Waals surface area contributed by atoms with Crippen molar-refractivity contribution in [3.05, 3.63) is 59.1 Å². The Morgan fingerprint density at radius 3 is 2.70 bits per heavy atom. The van der Waals surface area contributed by atoms with Crippen LogP contribution >= 0.6 is 11.6 Å². The van der Waals surface area contributed by atoms with E-state index in [9.17, 15) is 5.11 Å². The maximum absolute atomic E-state index is 9.98. The fourth-order valence-corrected chi connectivity index (χ4v) is 2.79. The third-order valence-electron chi connectivity index (χ3n) is 3.71. The van der Waals surface area contributed by atoms with Crippen molar-refractivity contribution in [2.75, 3.05) is 18.5 Å². The molecule has 3 nitrogen and oxygen atoms in total. The van der Waals surface area contributed by atoms with Crippen LogP contribution in [0.3, 0.4) is 0 Å². The van der Waals surface area contributed by atoms with Crippen LogP contribution in [-0.2, 0) is 5.54 Å². The maximum atomic E-state index is 9.98. The molecule has 3 rings (SSSR count). The van der Waals surface area contributed by atoms with Crippen LogP contribution in [0.4, 0.5) is 5.69 Å². The third-order valence-corrected chi connectivity index (χ3v) is 4.04. The van der Waals surface area contributed by atoms with Crippen LogP contribution in [0.25, 0.3) is 0 Å². The Morgan fingerprint density at radius 1 is 1.15 bits per heavy atom. The molecule has 0 aliphatic carbocycles. The van der Waals surface area contributed by atoms with Crippen LogP contribution in [0.15, 0.2) is 48.5 Å². The predicted molar refractivity (Wildman–Crippen MR) is 80.4 cm³/mol. The number of benzene rings is 2. The van der Waals surface area contributed by atoms with Gasteiger partial charge < -0.3 is 15.2 Å². The van der Waals surface area contributed by atoms with Crippen LogP contribution in [0.2, 0.25) is 5.02 Å². The van der Waals surface area contributed by atoms with E-state index in [0.29, 0.717) is 18.1 Å². The first kappa shape index (κ1) is 13.3. The number of rotatable bonds is 3. The minimum absolute atomic E-state index is 0.0153. The second-order valence-corrected chi connectivity index (χ2v) is 5.35. The number of nitrogens with one attached hydrogen (secondary N) is 1. The third kappa shape index (κ3) is 2.23. The molecule has 2 aromatic carbocycles. The number of para-hydroxylation sites is 2. The quantitative estimate of drug-likeness (QED) is 0.910. The van der Waals surface area contributed by atoms with Gasteiger partial charge in [-0.2, -0.15) is 0 Å². The van der Waals surface area contributed by atoms with E-state index in [-0.39, 0.29) is 6.61 Å². The molecule has 0 aromatic heterocycles. The number of ether oxygens (including phenoxy) is 1. The summed E-state index contributed by atoms with van der Waals surface area (Å²) in [5.74, 6) is 0.812. The Bertz CT molecular complexity index is 617. The lowest BCUT2D eigenvalue weighted by Crippen LogP contribution is -2.43. The molecule has 1 unspecified atom stereocenters. The summed E-state index contributed by atoms with van der Waals surface area (Å²) in [5.41, 5.74) is 1.23. The number of aliphatic hydroxyl groups is 1. The van der Waals surface area contributed by atoms with Gasteiger partial charge in [0, 0.05) is 12.0 Å². The van der Waals surface area contributed by atoms with Crippen molar-refractivity contribution in [3.63, 3.8) is 0 Å². The average Bonchev–Trinajstić information content (AvgIpc) is 2.50. The Labute approximate surface area is 123 Å². The topological polar surface area (TPSA) is 41.5 Å². The molecule has 0 fully saturated rings. The molecule has 1 aliphatic heterocycles. The van der Waals surface area contributed by atoms with Crippen molar-refractivity contribution < 1.29 is 9.84 Å². The lowest BCUT2D eigenvalue weighted by molar-refractivity contribution is 0.152. The summed E-state index contributed by atoms with van der Waals surface area (Å²) < 4.78 is 5.66. The summed E-state index contributed by atoms with van der Waals surface area (Å²) in [6, 6.07) is 15.3. The molecule has 4 heteroatoms. The van der Waals surface area contributed by atoms with E-state index in [1.165, 1.54) is 0 Å². The van der Waals surface area contributed by atoms with Crippen molar-refractivity contribution >= 4 is 17.3 Å². The highest BCUT2D eigenvalue weighted by molar-refractivity contribution is 6.33. The van der Waals surface area contributed by atoms with E-state index in [1.54, 1.807) is 0 Å². The van der Waals surface area contributed by atoms with Crippen LogP contribution in [-0.4, -0.2) is 18.3 Å². The summed E-state index contributed by atoms with van der Waals surface area (Å²) >= 11 is 6.21. The van der Waals surface area contributed by atoms with E-state index in [1.807, 2.05) is 48.5 Å². The Hall–Kier alpha value is -1.71. The zero-order valence-electron chi connectivity index (χ0n) is 11.0. The Balaban J connectivity index is 2.03. The molecule has 1 aliphatic rings. The Morgan fingerprint density at radius 2 is 1.90 bits per heavy atom. The highest BCUT2D eigenvalue weighted by atomic mass is 35.5. The molecular weight excluding hydrogens is 274 g/mol. The van der Waals surface area contributed by atoms with Crippen molar-refractivity contribution in [2.45, 2.75) is 12.0 Å². The van der Waals surface area contributed by atoms with Crippen molar-refractivity contribution in [3.8, 4) is 5.75 Å². The Kier molecular flexibility index (Phi) is 3.55. The number of hydrogen-bond acceptors (Lipinski definition) is 3. The molecule has 2 N–H and O–H groups in total. The molecule has 0 saturated carbocycles. The minimum atomic E-state index is -0.556. The fourth-order valence-electron chi connectivity index (χ4n) is 2.61. The number of halogens is 1. The lowest BCUT2D eigenvalue weighted by atomic mass is 9.85. The van der Waals surface area contributed by atoms with E-state index in [2.05, 4.69) is 5.32 Å². The van der Waals surface area contributed by atoms with E-state index in [4.69, 9.17) is 16.3 Å². The van der Waals surface area contributed by atoms with Crippen molar-refractivity contribution in [1.82, 2.24) is 0 Å². The second-order valence-electron chi connectivity index (χ2n) is 4.94. The predicted octanol–water partition coefficient (Wildman–Crippen LogP) is 3.42. The smallest absolute Gasteiger partial charge is 0.124 e. The van der Waals surface area contributed by atoms with Crippen LogP contribution < -0.4 is 10.1 Å². The van der Waals surface area contributed by atoms with Gasteiger partial charge >= 0.3 is 0 Å². The van der Waals surface area contributed by atoms with Crippen LogP contribution in [0.5, 0.6) is 5.75 Å². The SMILES string of the molecule is OCC1(Nc2ccccc2Cl)CCOc2ccccc21. The van der Waals surface area contributed by atoms with E-state index in [0.717, 1.165) is 17.0 Å².